The molecule has 3 aromatic heterocycles. The molecule has 0 bridgehead atoms. The number of pyridine rings is 1. The van der Waals surface area contributed by atoms with Crippen LogP contribution in [0, 0.1) is 0 Å². The number of hydrogen-bond acceptors (Lipinski definition) is 6. The lowest BCUT2D eigenvalue weighted by molar-refractivity contribution is -0.141. The Morgan fingerprint density at radius 2 is 2.10 bits per heavy atom. The number of halogens is 3. The van der Waals surface area contributed by atoms with Crippen molar-refractivity contribution in [3.05, 3.63) is 46.5 Å². The Morgan fingerprint density at radius 3 is 2.73 bits per heavy atom. The van der Waals surface area contributed by atoms with E-state index in [0.717, 1.165) is 46.4 Å². The third-order valence-corrected chi connectivity index (χ3v) is 6.02. The summed E-state index contributed by atoms with van der Waals surface area (Å²) in [6.07, 6.45) is 0.626. The number of aromatic nitrogens is 5. The maximum absolute atomic E-state index is 12.8. The zero-order valence-electron chi connectivity index (χ0n) is 16.3. The lowest BCUT2D eigenvalue weighted by atomic mass is 9.82. The zero-order valence-corrected chi connectivity index (χ0v) is 17.1. The van der Waals surface area contributed by atoms with Crippen LogP contribution in [-0.4, -0.2) is 30.0 Å². The summed E-state index contributed by atoms with van der Waals surface area (Å²) in [7, 11) is 1.29. The molecule has 1 amide bonds. The average Bonchev–Trinajstić information content (AvgIpc) is 3.27. The molecule has 1 aliphatic carbocycles. The number of carbonyl (C=O) groups excluding carboxylic acids is 1. The first-order chi connectivity index (χ1) is 14.2. The highest BCUT2D eigenvalue weighted by molar-refractivity contribution is 7.05. The Bertz CT molecular complexity index is 1070. The van der Waals surface area contributed by atoms with Gasteiger partial charge in [0.05, 0.1) is 6.04 Å². The van der Waals surface area contributed by atoms with Gasteiger partial charge in [0.15, 0.2) is 11.5 Å². The molecule has 158 valence electrons. The maximum atomic E-state index is 12.8. The van der Waals surface area contributed by atoms with Crippen LogP contribution < -0.4 is 5.32 Å². The maximum Gasteiger partial charge on any atom is 0.435 e. The minimum atomic E-state index is -4.61. The Balaban J connectivity index is 1.47. The molecular formula is C19H19F3N6OS. The number of hydrogen-bond donors (Lipinski definition) is 1. The van der Waals surface area contributed by atoms with Crippen LogP contribution in [0.4, 0.5) is 13.2 Å². The first-order valence-corrected chi connectivity index (χ1v) is 10.2. The van der Waals surface area contributed by atoms with Gasteiger partial charge in [0.25, 0.3) is 5.91 Å². The van der Waals surface area contributed by atoms with Crippen molar-refractivity contribution in [2.24, 2.45) is 7.05 Å². The zero-order chi connectivity index (χ0) is 21.5. The van der Waals surface area contributed by atoms with E-state index in [2.05, 4.69) is 24.8 Å². The van der Waals surface area contributed by atoms with Gasteiger partial charge >= 0.3 is 6.18 Å². The molecule has 1 fully saturated rings. The molecule has 30 heavy (non-hydrogen) atoms. The molecule has 0 saturated heterocycles. The number of alkyl halides is 3. The van der Waals surface area contributed by atoms with E-state index in [1.165, 1.54) is 13.5 Å². The summed E-state index contributed by atoms with van der Waals surface area (Å²) in [5, 5.41) is 6.57. The van der Waals surface area contributed by atoms with E-state index in [-0.39, 0.29) is 5.69 Å². The van der Waals surface area contributed by atoms with Crippen molar-refractivity contribution < 1.29 is 18.0 Å². The normalized spacial score (nSPS) is 15.6. The lowest BCUT2D eigenvalue weighted by Crippen LogP contribution is -2.28. The van der Waals surface area contributed by atoms with Crippen molar-refractivity contribution in [3.8, 4) is 11.4 Å². The van der Waals surface area contributed by atoms with Crippen molar-refractivity contribution in [1.82, 2.24) is 29.4 Å². The Kier molecular flexibility index (Phi) is 5.31. The van der Waals surface area contributed by atoms with E-state index < -0.39 is 23.8 Å². The van der Waals surface area contributed by atoms with E-state index in [0.29, 0.717) is 16.7 Å². The predicted molar refractivity (Wildman–Crippen MR) is 104 cm³/mol. The Hall–Kier alpha value is -2.82. The van der Waals surface area contributed by atoms with Crippen LogP contribution in [0.25, 0.3) is 11.4 Å². The molecule has 1 aliphatic rings. The molecule has 7 nitrogen and oxygen atoms in total. The molecule has 0 aliphatic heterocycles. The molecule has 11 heteroatoms. The monoisotopic (exact) mass is 436 g/mol. The van der Waals surface area contributed by atoms with Crippen LogP contribution in [-0.2, 0) is 13.2 Å². The second kappa shape index (κ2) is 7.78. The standard InChI is InChI=1S/C19H19F3N6OS/c1-10(24-17(29)14-9-15(19(20,21)22)26-28(14)2)18-25-16(27-30-18)12-6-7-23-13(8-12)11-4-3-5-11/h6-11H,3-5H2,1-2H3,(H,24,29)/t10-/m1/s1. The van der Waals surface area contributed by atoms with Gasteiger partial charge in [-0.05, 0) is 43.4 Å². The fourth-order valence-corrected chi connectivity index (χ4v) is 3.86. The van der Waals surface area contributed by atoms with E-state index in [4.69, 9.17) is 0 Å². The SMILES string of the molecule is C[C@@H](NC(=O)c1cc(C(F)(F)F)nn1C)c1nc(-c2ccnc(C3CCC3)c2)ns1. The second-order valence-electron chi connectivity index (χ2n) is 7.28. The van der Waals surface area contributed by atoms with E-state index >= 15 is 0 Å². The summed E-state index contributed by atoms with van der Waals surface area (Å²) in [6, 6.07) is 4.03. The number of aryl methyl sites for hydroxylation is 1. The Morgan fingerprint density at radius 1 is 1.33 bits per heavy atom. The highest BCUT2D eigenvalue weighted by atomic mass is 32.1. The number of carbonyl (C=O) groups is 1. The molecule has 1 N–H and O–H groups in total. The van der Waals surface area contributed by atoms with Gasteiger partial charge in [-0.25, -0.2) is 4.98 Å². The highest BCUT2D eigenvalue weighted by Crippen LogP contribution is 2.36. The summed E-state index contributed by atoms with van der Waals surface area (Å²) in [5.41, 5.74) is 0.599. The van der Waals surface area contributed by atoms with Crippen molar-refractivity contribution in [2.45, 2.75) is 44.3 Å². The third kappa shape index (κ3) is 4.07. The van der Waals surface area contributed by atoms with Gasteiger partial charge in [-0.15, -0.1) is 0 Å². The second-order valence-corrected chi connectivity index (χ2v) is 8.07. The first-order valence-electron chi connectivity index (χ1n) is 9.44. The topological polar surface area (TPSA) is 85.6 Å². The van der Waals surface area contributed by atoms with Crippen LogP contribution in [0.5, 0.6) is 0 Å². The number of rotatable bonds is 5. The molecule has 1 atom stereocenters. The fraction of sp³-hybridized carbons (Fsp3) is 0.421. The van der Waals surface area contributed by atoms with Crippen LogP contribution >= 0.6 is 11.5 Å². The summed E-state index contributed by atoms with van der Waals surface area (Å²) >= 11 is 1.14. The smallest absolute Gasteiger partial charge is 0.342 e. The van der Waals surface area contributed by atoms with Crippen LogP contribution in [0.2, 0.25) is 0 Å². The summed E-state index contributed by atoms with van der Waals surface area (Å²) in [6.45, 7) is 1.70. The molecule has 0 unspecified atom stereocenters. The van der Waals surface area contributed by atoms with Gasteiger partial charge in [-0.2, -0.15) is 22.6 Å². The van der Waals surface area contributed by atoms with Crippen LogP contribution in [0.15, 0.2) is 24.4 Å². The summed E-state index contributed by atoms with van der Waals surface area (Å²) < 4.78 is 43.7. The molecule has 0 aromatic carbocycles. The molecule has 4 rings (SSSR count). The number of nitrogens with zero attached hydrogens (tertiary/aromatic N) is 5. The van der Waals surface area contributed by atoms with E-state index in [1.54, 1.807) is 13.1 Å². The van der Waals surface area contributed by atoms with Crippen LogP contribution in [0.3, 0.4) is 0 Å². The molecule has 3 aromatic rings. The molecule has 0 spiro atoms. The van der Waals surface area contributed by atoms with E-state index in [1.807, 2.05) is 12.1 Å². The summed E-state index contributed by atoms with van der Waals surface area (Å²) in [4.78, 5) is 21.4. The van der Waals surface area contributed by atoms with Gasteiger partial charge in [0.2, 0.25) is 0 Å². The number of amides is 1. The van der Waals surface area contributed by atoms with Gasteiger partial charge in [-0.3, -0.25) is 14.5 Å². The molecular weight excluding hydrogens is 417 g/mol. The van der Waals surface area contributed by atoms with Crippen molar-refractivity contribution in [1.29, 1.82) is 0 Å². The fourth-order valence-electron chi connectivity index (χ4n) is 3.19. The summed E-state index contributed by atoms with van der Waals surface area (Å²) in [5.74, 6) is 0.363. The van der Waals surface area contributed by atoms with Gasteiger partial charge in [0, 0.05) is 36.5 Å². The van der Waals surface area contributed by atoms with E-state index in [9.17, 15) is 18.0 Å². The average molecular weight is 436 g/mol. The van der Waals surface area contributed by atoms with Gasteiger partial charge in [0.1, 0.15) is 10.7 Å². The van der Waals surface area contributed by atoms with Crippen molar-refractivity contribution in [3.63, 3.8) is 0 Å². The highest BCUT2D eigenvalue weighted by Gasteiger charge is 2.35. The van der Waals surface area contributed by atoms with Crippen molar-refractivity contribution in [2.75, 3.05) is 0 Å². The quantitative estimate of drug-likeness (QED) is 0.651. The third-order valence-electron chi connectivity index (χ3n) is 5.13. The lowest BCUT2D eigenvalue weighted by Gasteiger charge is -2.24. The largest absolute Gasteiger partial charge is 0.435 e. The minimum Gasteiger partial charge on any atom is -0.342 e. The molecule has 1 saturated carbocycles. The molecule has 0 radical (unpaired) electrons. The van der Waals surface area contributed by atoms with Gasteiger partial charge < -0.3 is 5.32 Å². The minimum absolute atomic E-state index is 0.182. The Labute approximate surface area is 174 Å². The molecule has 3 heterocycles. The van der Waals surface area contributed by atoms with Gasteiger partial charge in [-0.1, -0.05) is 6.42 Å². The van der Waals surface area contributed by atoms with Crippen molar-refractivity contribution >= 4 is 17.4 Å². The predicted octanol–water partition coefficient (Wildman–Crippen LogP) is 4.11. The van der Waals surface area contributed by atoms with Crippen LogP contribution in [0.1, 0.15) is 65.0 Å². The first kappa shape index (κ1) is 20.5. The number of nitrogens with one attached hydrogen (secondary N) is 1.